The molecule has 0 aliphatic heterocycles. The van der Waals surface area contributed by atoms with E-state index in [1.54, 1.807) is 6.92 Å². The summed E-state index contributed by atoms with van der Waals surface area (Å²) >= 11 is 0. The summed E-state index contributed by atoms with van der Waals surface area (Å²) in [7, 11) is -7.46. The Morgan fingerprint density at radius 1 is 1.24 bits per heavy atom. The number of allylic oxidation sites excluding steroid dienone is 1. The Morgan fingerprint density at radius 2 is 1.88 bits per heavy atom. The second kappa shape index (κ2) is 8.23. The van der Waals surface area contributed by atoms with Gasteiger partial charge < -0.3 is 14.3 Å². The zero-order valence-electron chi connectivity index (χ0n) is 10.2. The molecule has 0 amide bonds. The van der Waals surface area contributed by atoms with Crippen LogP contribution in [-0.2, 0) is 13.7 Å². The lowest BCUT2D eigenvalue weighted by molar-refractivity contribution is 0.329. The average molecular weight is 284 g/mol. The van der Waals surface area contributed by atoms with Gasteiger partial charge in [0.2, 0.25) is 7.37 Å². The molecule has 0 aromatic heterocycles. The van der Waals surface area contributed by atoms with Gasteiger partial charge >= 0.3 is 7.60 Å². The average Bonchev–Trinajstić information content (AvgIpc) is 2.14. The lowest BCUT2D eigenvalue weighted by Crippen LogP contribution is -2.01. The topological polar surface area (TPSA) is 83.8 Å². The van der Waals surface area contributed by atoms with Gasteiger partial charge in [0, 0.05) is 6.16 Å². The van der Waals surface area contributed by atoms with Crippen molar-refractivity contribution in [3.63, 3.8) is 0 Å². The van der Waals surface area contributed by atoms with Gasteiger partial charge in [-0.1, -0.05) is 12.5 Å². The molecule has 0 saturated heterocycles. The minimum atomic E-state index is -4.28. The molecule has 1 unspecified atom stereocenters. The van der Waals surface area contributed by atoms with E-state index in [1.165, 1.54) is 0 Å². The first kappa shape index (κ1) is 17.1. The molecular formula is C10H22O5P2. The summed E-state index contributed by atoms with van der Waals surface area (Å²) < 4.78 is 28.1. The summed E-state index contributed by atoms with van der Waals surface area (Å²) in [6.07, 6.45) is 5.43. The molecule has 2 N–H and O–H groups in total. The molecule has 0 aromatic rings. The number of rotatable bonds is 10. The predicted octanol–water partition coefficient (Wildman–Crippen LogP) is 3.18. The standard InChI is InChI=1S/C10H22O5P2/c1-3-5-6-7-8-9-16(11,15-4-2)10-17(12,13)14/h3H,1,4-10H2,2H3,(H2,12,13,14). The van der Waals surface area contributed by atoms with Crippen LogP contribution >= 0.6 is 15.0 Å². The minimum Gasteiger partial charge on any atom is -0.328 e. The third-order valence-electron chi connectivity index (χ3n) is 2.17. The van der Waals surface area contributed by atoms with E-state index >= 15 is 0 Å². The van der Waals surface area contributed by atoms with E-state index in [4.69, 9.17) is 14.3 Å². The van der Waals surface area contributed by atoms with Crippen LogP contribution in [-0.4, -0.2) is 28.5 Å². The Kier molecular flexibility index (Phi) is 8.27. The summed E-state index contributed by atoms with van der Waals surface area (Å²) in [4.78, 5) is 17.7. The minimum absolute atomic E-state index is 0.212. The zero-order valence-corrected chi connectivity index (χ0v) is 12.0. The molecule has 102 valence electrons. The van der Waals surface area contributed by atoms with E-state index in [0.717, 1.165) is 19.3 Å². The van der Waals surface area contributed by atoms with Crippen LogP contribution in [0.15, 0.2) is 12.7 Å². The SMILES string of the molecule is C=CCCCCCP(=O)(CP(=O)(O)O)OCC. The van der Waals surface area contributed by atoms with E-state index in [9.17, 15) is 9.13 Å². The van der Waals surface area contributed by atoms with Crippen LogP contribution in [0, 0.1) is 0 Å². The van der Waals surface area contributed by atoms with E-state index < -0.39 is 20.9 Å². The normalized spacial score (nSPS) is 15.5. The van der Waals surface area contributed by atoms with Crippen molar-refractivity contribution in [2.75, 3.05) is 18.7 Å². The van der Waals surface area contributed by atoms with Crippen LogP contribution in [0.2, 0.25) is 0 Å². The highest BCUT2D eigenvalue weighted by molar-refractivity contribution is 7.73. The summed E-state index contributed by atoms with van der Waals surface area (Å²) in [5, 5.41) is 0. The fourth-order valence-electron chi connectivity index (χ4n) is 1.51. The van der Waals surface area contributed by atoms with Crippen molar-refractivity contribution in [2.24, 2.45) is 0 Å². The third kappa shape index (κ3) is 9.75. The van der Waals surface area contributed by atoms with E-state index in [-0.39, 0.29) is 12.8 Å². The number of hydrogen-bond donors (Lipinski definition) is 2. The molecule has 0 aliphatic carbocycles. The van der Waals surface area contributed by atoms with Gasteiger partial charge in [-0.15, -0.1) is 6.58 Å². The first-order valence-corrected chi connectivity index (χ1v) is 9.50. The van der Waals surface area contributed by atoms with E-state index in [2.05, 4.69) is 6.58 Å². The first-order chi connectivity index (χ1) is 7.83. The van der Waals surface area contributed by atoms with Crippen LogP contribution in [0.5, 0.6) is 0 Å². The molecule has 0 heterocycles. The largest absolute Gasteiger partial charge is 0.335 e. The summed E-state index contributed by atoms with van der Waals surface area (Å²) in [5.41, 5.74) is 0. The van der Waals surface area contributed by atoms with Crippen molar-refractivity contribution >= 4 is 15.0 Å². The van der Waals surface area contributed by atoms with Crippen molar-refractivity contribution in [2.45, 2.75) is 32.6 Å². The second-order valence-corrected chi connectivity index (χ2v) is 8.70. The molecule has 0 aromatic carbocycles. The van der Waals surface area contributed by atoms with Crippen molar-refractivity contribution in [1.82, 2.24) is 0 Å². The van der Waals surface area contributed by atoms with E-state index in [1.807, 2.05) is 6.08 Å². The van der Waals surface area contributed by atoms with Gasteiger partial charge in [0.25, 0.3) is 0 Å². The molecule has 7 heteroatoms. The highest BCUT2D eigenvalue weighted by Gasteiger charge is 2.31. The van der Waals surface area contributed by atoms with Crippen molar-refractivity contribution < 1.29 is 23.4 Å². The summed E-state index contributed by atoms with van der Waals surface area (Å²) in [6.45, 7) is 5.49. The monoisotopic (exact) mass is 284 g/mol. The maximum Gasteiger partial charge on any atom is 0.335 e. The van der Waals surface area contributed by atoms with Gasteiger partial charge in [0.1, 0.15) is 5.90 Å². The van der Waals surface area contributed by atoms with Crippen molar-refractivity contribution in [3.05, 3.63) is 12.7 Å². The highest BCUT2D eigenvalue weighted by Crippen LogP contribution is 2.58. The van der Waals surface area contributed by atoms with Crippen LogP contribution in [0.3, 0.4) is 0 Å². The van der Waals surface area contributed by atoms with Gasteiger partial charge in [0.15, 0.2) is 0 Å². The molecule has 0 bridgehead atoms. The molecule has 0 saturated carbocycles. The van der Waals surface area contributed by atoms with Gasteiger partial charge in [0.05, 0.1) is 6.61 Å². The molecule has 0 radical (unpaired) electrons. The zero-order chi connectivity index (χ0) is 13.4. The van der Waals surface area contributed by atoms with Crippen LogP contribution in [0.4, 0.5) is 0 Å². The second-order valence-electron chi connectivity index (χ2n) is 3.90. The van der Waals surface area contributed by atoms with Crippen LogP contribution < -0.4 is 0 Å². The molecule has 0 rings (SSSR count). The summed E-state index contributed by atoms with van der Waals surface area (Å²) in [6, 6.07) is 0. The maximum atomic E-state index is 12.1. The van der Waals surface area contributed by atoms with Gasteiger partial charge in [-0.2, -0.15) is 0 Å². The van der Waals surface area contributed by atoms with Crippen molar-refractivity contribution in [1.29, 1.82) is 0 Å². The van der Waals surface area contributed by atoms with Crippen LogP contribution in [0.25, 0.3) is 0 Å². The first-order valence-electron chi connectivity index (χ1n) is 5.71. The van der Waals surface area contributed by atoms with Gasteiger partial charge in [-0.05, 0) is 26.2 Å². The Hall–Kier alpha value is 0.0800. The summed E-state index contributed by atoms with van der Waals surface area (Å²) in [5.74, 6) is -0.644. The number of unbranched alkanes of at least 4 members (excludes halogenated alkanes) is 3. The molecule has 5 nitrogen and oxygen atoms in total. The van der Waals surface area contributed by atoms with Crippen LogP contribution in [0.1, 0.15) is 32.6 Å². The maximum absolute atomic E-state index is 12.1. The predicted molar refractivity (Wildman–Crippen MR) is 69.7 cm³/mol. The smallest absolute Gasteiger partial charge is 0.328 e. The Morgan fingerprint density at radius 3 is 2.35 bits per heavy atom. The Labute approximate surface area is 103 Å². The molecular weight excluding hydrogens is 262 g/mol. The van der Waals surface area contributed by atoms with Gasteiger partial charge in [-0.3, -0.25) is 9.13 Å². The quantitative estimate of drug-likeness (QED) is 0.365. The molecule has 0 aliphatic rings. The van der Waals surface area contributed by atoms with Crippen molar-refractivity contribution in [3.8, 4) is 0 Å². The molecule has 0 fully saturated rings. The highest BCUT2D eigenvalue weighted by atomic mass is 31.2. The number of hydrogen-bond acceptors (Lipinski definition) is 3. The molecule has 17 heavy (non-hydrogen) atoms. The third-order valence-corrected chi connectivity index (χ3v) is 7.10. The van der Waals surface area contributed by atoms with E-state index in [0.29, 0.717) is 6.42 Å². The Balaban J connectivity index is 4.17. The lowest BCUT2D eigenvalue weighted by atomic mass is 10.2. The fraction of sp³-hybridized carbons (Fsp3) is 0.800. The molecule has 0 spiro atoms. The molecule has 1 atom stereocenters. The fourth-order valence-corrected chi connectivity index (χ4v) is 5.95. The van der Waals surface area contributed by atoms with Gasteiger partial charge in [-0.25, -0.2) is 0 Å². The lowest BCUT2D eigenvalue weighted by Gasteiger charge is -2.18. The Bertz CT molecular complexity index is 310.